The van der Waals surface area contributed by atoms with Gasteiger partial charge < -0.3 is 14.7 Å². The molecule has 1 heterocycles. The molecule has 2 amide bonds. The van der Waals surface area contributed by atoms with Gasteiger partial charge in [-0.25, -0.2) is 4.79 Å². The molecule has 0 aliphatic carbocycles. The molecule has 1 saturated heterocycles. The van der Waals surface area contributed by atoms with E-state index in [1.807, 2.05) is 31.9 Å². The molecule has 1 fully saturated rings. The van der Waals surface area contributed by atoms with E-state index >= 15 is 0 Å². The summed E-state index contributed by atoms with van der Waals surface area (Å²) in [6.45, 7) is 7.48. The molecule has 1 aliphatic heterocycles. The molecule has 4 heteroatoms. The molecule has 0 aromatic heterocycles. The summed E-state index contributed by atoms with van der Waals surface area (Å²) in [5.41, 5.74) is 1.24. The lowest BCUT2D eigenvalue weighted by atomic mass is 10.2. The van der Waals surface area contributed by atoms with Crippen molar-refractivity contribution in [1.82, 2.24) is 9.80 Å². The predicted octanol–water partition coefficient (Wildman–Crippen LogP) is 2.27. The summed E-state index contributed by atoms with van der Waals surface area (Å²) >= 11 is 0. The zero-order valence-electron chi connectivity index (χ0n) is 12.0. The summed E-state index contributed by atoms with van der Waals surface area (Å²) < 4.78 is 0. The summed E-state index contributed by atoms with van der Waals surface area (Å²) in [6, 6.07) is 10.8. The van der Waals surface area contributed by atoms with Crippen molar-refractivity contribution in [2.45, 2.75) is 19.9 Å². The predicted molar refractivity (Wildman–Crippen MR) is 78.5 cm³/mol. The van der Waals surface area contributed by atoms with Crippen molar-refractivity contribution in [3.05, 3.63) is 30.3 Å². The van der Waals surface area contributed by atoms with Gasteiger partial charge in [0.25, 0.3) is 0 Å². The van der Waals surface area contributed by atoms with E-state index in [4.69, 9.17) is 0 Å². The number of carbonyl (C=O) groups excluding carboxylic acids is 1. The lowest BCUT2D eigenvalue weighted by Gasteiger charge is -2.38. The lowest BCUT2D eigenvalue weighted by Crippen LogP contribution is -2.53. The Morgan fingerprint density at radius 3 is 2.21 bits per heavy atom. The van der Waals surface area contributed by atoms with Crippen LogP contribution in [0, 0.1) is 0 Å². The minimum Gasteiger partial charge on any atom is -0.368 e. The van der Waals surface area contributed by atoms with E-state index in [-0.39, 0.29) is 12.1 Å². The Bertz CT molecular complexity index is 411. The van der Waals surface area contributed by atoms with Crippen molar-refractivity contribution in [2.24, 2.45) is 0 Å². The average Bonchev–Trinajstić information content (AvgIpc) is 2.46. The second kappa shape index (κ2) is 5.95. The van der Waals surface area contributed by atoms with Gasteiger partial charge in [0.05, 0.1) is 0 Å². The summed E-state index contributed by atoms with van der Waals surface area (Å²) in [5, 5.41) is 0. The Morgan fingerprint density at radius 1 is 1.11 bits per heavy atom. The van der Waals surface area contributed by atoms with Crippen LogP contribution in [0.2, 0.25) is 0 Å². The minimum atomic E-state index is 0.141. The lowest BCUT2D eigenvalue weighted by molar-refractivity contribution is 0.149. The molecule has 0 atom stereocenters. The van der Waals surface area contributed by atoms with Gasteiger partial charge in [-0.05, 0) is 26.0 Å². The van der Waals surface area contributed by atoms with Crippen molar-refractivity contribution >= 4 is 11.7 Å². The molecule has 1 aromatic carbocycles. The van der Waals surface area contributed by atoms with E-state index in [9.17, 15) is 4.79 Å². The number of urea groups is 1. The van der Waals surface area contributed by atoms with Gasteiger partial charge in [0.15, 0.2) is 0 Å². The number of hydrogen-bond acceptors (Lipinski definition) is 2. The standard InChI is InChI=1S/C15H23N3O/c1-13(2)16(3)15(19)18-11-9-17(10-12-18)14-7-5-4-6-8-14/h4-8,13H,9-12H2,1-3H3. The number of amides is 2. The number of anilines is 1. The first kappa shape index (κ1) is 13.7. The van der Waals surface area contributed by atoms with Crippen molar-refractivity contribution < 1.29 is 4.79 Å². The van der Waals surface area contributed by atoms with E-state index in [2.05, 4.69) is 29.2 Å². The second-order valence-corrected chi connectivity index (χ2v) is 5.30. The van der Waals surface area contributed by atoms with E-state index in [1.165, 1.54) is 5.69 Å². The van der Waals surface area contributed by atoms with Crippen LogP contribution in [-0.2, 0) is 0 Å². The fourth-order valence-corrected chi connectivity index (χ4v) is 2.24. The fraction of sp³-hybridized carbons (Fsp3) is 0.533. The molecule has 0 N–H and O–H groups in total. The number of benzene rings is 1. The van der Waals surface area contributed by atoms with E-state index in [0.29, 0.717) is 0 Å². The molecule has 0 saturated carbocycles. The SMILES string of the molecule is CC(C)N(C)C(=O)N1CCN(c2ccccc2)CC1. The van der Waals surface area contributed by atoms with Gasteiger partial charge in [0.1, 0.15) is 0 Å². The van der Waals surface area contributed by atoms with Gasteiger partial charge in [0, 0.05) is 45.0 Å². The van der Waals surface area contributed by atoms with Crippen molar-refractivity contribution in [1.29, 1.82) is 0 Å². The number of piperazine rings is 1. The third kappa shape index (κ3) is 3.19. The van der Waals surface area contributed by atoms with Crippen LogP contribution in [-0.4, -0.2) is 55.1 Å². The monoisotopic (exact) mass is 261 g/mol. The number of rotatable bonds is 2. The Kier molecular flexibility index (Phi) is 4.30. The van der Waals surface area contributed by atoms with E-state index < -0.39 is 0 Å². The Balaban J connectivity index is 1.91. The second-order valence-electron chi connectivity index (χ2n) is 5.30. The number of carbonyl (C=O) groups is 1. The van der Waals surface area contributed by atoms with Crippen LogP contribution in [0.5, 0.6) is 0 Å². The minimum absolute atomic E-state index is 0.141. The van der Waals surface area contributed by atoms with Gasteiger partial charge in [-0.2, -0.15) is 0 Å². The van der Waals surface area contributed by atoms with Gasteiger partial charge in [-0.3, -0.25) is 0 Å². The summed E-state index contributed by atoms with van der Waals surface area (Å²) in [7, 11) is 1.87. The molecule has 4 nitrogen and oxygen atoms in total. The molecule has 19 heavy (non-hydrogen) atoms. The van der Waals surface area contributed by atoms with E-state index in [1.54, 1.807) is 4.90 Å². The summed E-state index contributed by atoms with van der Waals surface area (Å²) in [6.07, 6.45) is 0. The first-order valence-corrected chi connectivity index (χ1v) is 6.91. The van der Waals surface area contributed by atoms with Crippen LogP contribution in [0.4, 0.5) is 10.5 Å². The van der Waals surface area contributed by atoms with Gasteiger partial charge in [-0.1, -0.05) is 18.2 Å². The van der Waals surface area contributed by atoms with Gasteiger partial charge in [-0.15, -0.1) is 0 Å². The van der Waals surface area contributed by atoms with Crippen LogP contribution in [0.25, 0.3) is 0 Å². The quantitative estimate of drug-likeness (QED) is 0.816. The molecule has 104 valence electrons. The molecular formula is C15H23N3O. The third-order valence-electron chi connectivity index (χ3n) is 3.75. The highest BCUT2D eigenvalue weighted by Gasteiger charge is 2.24. The smallest absolute Gasteiger partial charge is 0.320 e. The molecule has 1 aromatic rings. The first-order valence-electron chi connectivity index (χ1n) is 6.91. The molecule has 1 aliphatic rings. The van der Waals surface area contributed by atoms with Crippen LogP contribution < -0.4 is 4.90 Å². The highest BCUT2D eigenvalue weighted by atomic mass is 16.2. The van der Waals surface area contributed by atoms with Crippen LogP contribution in [0.3, 0.4) is 0 Å². The maximum absolute atomic E-state index is 12.2. The summed E-state index contributed by atoms with van der Waals surface area (Å²) in [4.78, 5) is 18.3. The number of para-hydroxylation sites is 1. The number of hydrogen-bond donors (Lipinski definition) is 0. The van der Waals surface area contributed by atoms with Gasteiger partial charge >= 0.3 is 6.03 Å². The van der Waals surface area contributed by atoms with Crippen molar-refractivity contribution in [3.8, 4) is 0 Å². The van der Waals surface area contributed by atoms with Crippen LogP contribution in [0.1, 0.15) is 13.8 Å². The maximum Gasteiger partial charge on any atom is 0.320 e. The third-order valence-corrected chi connectivity index (χ3v) is 3.75. The topological polar surface area (TPSA) is 26.8 Å². The molecule has 0 unspecified atom stereocenters. The fourth-order valence-electron chi connectivity index (χ4n) is 2.24. The number of nitrogens with zero attached hydrogens (tertiary/aromatic N) is 3. The maximum atomic E-state index is 12.2. The largest absolute Gasteiger partial charge is 0.368 e. The highest BCUT2D eigenvalue weighted by molar-refractivity contribution is 5.74. The molecule has 0 bridgehead atoms. The average molecular weight is 261 g/mol. The van der Waals surface area contributed by atoms with Crippen LogP contribution in [0.15, 0.2) is 30.3 Å². The van der Waals surface area contributed by atoms with Crippen molar-refractivity contribution in [3.63, 3.8) is 0 Å². The van der Waals surface area contributed by atoms with Gasteiger partial charge in [0.2, 0.25) is 0 Å². The molecule has 0 spiro atoms. The Morgan fingerprint density at radius 2 is 1.68 bits per heavy atom. The molecule has 2 rings (SSSR count). The zero-order valence-corrected chi connectivity index (χ0v) is 12.0. The van der Waals surface area contributed by atoms with E-state index in [0.717, 1.165) is 26.2 Å². The Labute approximate surface area is 115 Å². The Hall–Kier alpha value is -1.71. The van der Waals surface area contributed by atoms with Crippen molar-refractivity contribution in [2.75, 3.05) is 38.1 Å². The van der Waals surface area contributed by atoms with Crippen LogP contribution >= 0.6 is 0 Å². The molecule has 0 radical (unpaired) electrons. The summed E-state index contributed by atoms with van der Waals surface area (Å²) in [5.74, 6) is 0. The highest BCUT2D eigenvalue weighted by Crippen LogP contribution is 2.16. The molecular weight excluding hydrogens is 238 g/mol. The first-order chi connectivity index (χ1) is 9.09. The zero-order chi connectivity index (χ0) is 13.8. The normalized spacial score (nSPS) is 15.8.